The molecule has 1 aromatic carbocycles. The van der Waals surface area contributed by atoms with Gasteiger partial charge in [-0.15, -0.1) is 0 Å². The highest BCUT2D eigenvalue weighted by Gasteiger charge is 2.37. The Morgan fingerprint density at radius 3 is 2.54 bits per heavy atom. The molecule has 1 aromatic rings. The number of ether oxygens (including phenoxy) is 2. The summed E-state index contributed by atoms with van der Waals surface area (Å²) in [5.74, 6) is 0.952. The van der Waals surface area contributed by atoms with Crippen LogP contribution in [-0.2, 0) is 9.59 Å². The zero-order chi connectivity index (χ0) is 17.1. The molecule has 24 heavy (non-hydrogen) atoms. The van der Waals surface area contributed by atoms with Gasteiger partial charge in [0, 0.05) is 50.9 Å². The second-order valence-electron chi connectivity index (χ2n) is 6.02. The summed E-state index contributed by atoms with van der Waals surface area (Å²) in [6, 6.07) is 5.36. The molecule has 130 valence electrons. The van der Waals surface area contributed by atoms with Gasteiger partial charge in [-0.05, 0) is 12.1 Å². The highest BCUT2D eigenvalue weighted by Crippen LogP contribution is 2.34. The first kappa shape index (κ1) is 16.6. The lowest BCUT2D eigenvalue weighted by Crippen LogP contribution is -2.48. The summed E-state index contributed by atoms with van der Waals surface area (Å²) in [6.07, 6.45) is 0.261. The first-order valence-electron chi connectivity index (χ1n) is 8.16. The topological polar surface area (TPSA) is 71.1 Å². The Hall–Kier alpha value is -2.28. The van der Waals surface area contributed by atoms with Crippen LogP contribution in [0.15, 0.2) is 18.2 Å². The third-order valence-corrected chi connectivity index (χ3v) is 4.58. The average molecular weight is 333 g/mol. The van der Waals surface area contributed by atoms with Gasteiger partial charge in [0.05, 0.1) is 20.1 Å². The van der Waals surface area contributed by atoms with E-state index in [9.17, 15) is 9.59 Å². The molecule has 7 nitrogen and oxygen atoms in total. The van der Waals surface area contributed by atoms with Crippen molar-refractivity contribution in [3.05, 3.63) is 18.2 Å². The molecular formula is C17H23N3O4. The van der Waals surface area contributed by atoms with Crippen LogP contribution in [0.3, 0.4) is 0 Å². The van der Waals surface area contributed by atoms with E-state index in [1.54, 1.807) is 31.3 Å². The molecule has 0 spiro atoms. The molecule has 1 atom stereocenters. The van der Waals surface area contributed by atoms with Crippen molar-refractivity contribution in [2.24, 2.45) is 5.92 Å². The molecule has 7 heteroatoms. The number of rotatable bonds is 4. The molecule has 0 bridgehead atoms. The fraction of sp³-hybridized carbons (Fsp3) is 0.529. The van der Waals surface area contributed by atoms with Crippen molar-refractivity contribution < 1.29 is 19.1 Å². The number of benzene rings is 1. The lowest BCUT2D eigenvalue weighted by Gasteiger charge is -2.29. The van der Waals surface area contributed by atoms with Crippen molar-refractivity contribution in [1.29, 1.82) is 0 Å². The van der Waals surface area contributed by atoms with Crippen molar-refractivity contribution in [3.63, 3.8) is 0 Å². The number of carbonyl (C=O) groups excluding carboxylic acids is 2. The van der Waals surface area contributed by atoms with E-state index in [0.717, 1.165) is 18.8 Å². The average Bonchev–Trinajstić information content (AvgIpc) is 3.03. The van der Waals surface area contributed by atoms with Gasteiger partial charge < -0.3 is 24.6 Å². The van der Waals surface area contributed by atoms with Gasteiger partial charge in [0.1, 0.15) is 0 Å². The third kappa shape index (κ3) is 3.17. The minimum absolute atomic E-state index is 0.0318. The maximum absolute atomic E-state index is 12.6. The molecule has 2 amide bonds. The standard InChI is InChI=1S/C17H23N3O4/c1-23-14-4-3-13(10-15(14)24-2)20-11-12(9-16(20)21)17(22)19-7-5-18-6-8-19/h3-4,10,12,18H,5-9,11H2,1-2H3/t12-/m0/s1. The Morgan fingerprint density at radius 1 is 1.17 bits per heavy atom. The minimum atomic E-state index is -0.274. The summed E-state index contributed by atoms with van der Waals surface area (Å²) in [7, 11) is 3.13. The predicted molar refractivity (Wildman–Crippen MR) is 89.5 cm³/mol. The molecular weight excluding hydrogens is 310 g/mol. The Morgan fingerprint density at radius 2 is 1.88 bits per heavy atom. The largest absolute Gasteiger partial charge is 0.493 e. The van der Waals surface area contributed by atoms with Gasteiger partial charge in [0.25, 0.3) is 0 Å². The van der Waals surface area contributed by atoms with E-state index in [1.807, 2.05) is 11.0 Å². The van der Waals surface area contributed by atoms with Crippen LogP contribution in [-0.4, -0.2) is 63.7 Å². The smallest absolute Gasteiger partial charge is 0.228 e. The van der Waals surface area contributed by atoms with Crippen molar-refractivity contribution in [2.75, 3.05) is 51.8 Å². The number of piperazine rings is 1. The molecule has 2 saturated heterocycles. The van der Waals surface area contributed by atoms with E-state index < -0.39 is 0 Å². The second-order valence-corrected chi connectivity index (χ2v) is 6.02. The van der Waals surface area contributed by atoms with Gasteiger partial charge in [-0.2, -0.15) is 0 Å². The molecule has 2 aliphatic rings. The molecule has 1 N–H and O–H groups in total. The number of carbonyl (C=O) groups is 2. The van der Waals surface area contributed by atoms with Crippen LogP contribution < -0.4 is 19.7 Å². The van der Waals surface area contributed by atoms with Crippen LogP contribution in [0.1, 0.15) is 6.42 Å². The second kappa shape index (κ2) is 7.09. The number of methoxy groups -OCH3 is 2. The van der Waals surface area contributed by atoms with Crippen LogP contribution in [0.25, 0.3) is 0 Å². The Bertz CT molecular complexity index is 628. The van der Waals surface area contributed by atoms with Gasteiger partial charge in [-0.25, -0.2) is 0 Å². The summed E-state index contributed by atoms with van der Waals surface area (Å²) in [5.41, 5.74) is 0.730. The lowest BCUT2D eigenvalue weighted by molar-refractivity contribution is -0.136. The zero-order valence-electron chi connectivity index (χ0n) is 14.1. The molecule has 0 aliphatic carbocycles. The number of hydrogen-bond donors (Lipinski definition) is 1. The number of anilines is 1. The predicted octanol–water partition coefficient (Wildman–Crippen LogP) is 0.489. The van der Waals surface area contributed by atoms with E-state index in [1.165, 1.54) is 0 Å². The summed E-state index contributed by atoms with van der Waals surface area (Å²) in [4.78, 5) is 28.5. The van der Waals surface area contributed by atoms with Gasteiger partial charge in [-0.1, -0.05) is 0 Å². The zero-order valence-corrected chi connectivity index (χ0v) is 14.1. The molecule has 2 heterocycles. The van der Waals surface area contributed by atoms with E-state index in [-0.39, 0.29) is 24.2 Å². The Labute approximate surface area is 141 Å². The number of amides is 2. The van der Waals surface area contributed by atoms with E-state index in [4.69, 9.17) is 9.47 Å². The quantitative estimate of drug-likeness (QED) is 0.868. The molecule has 0 aromatic heterocycles. The van der Waals surface area contributed by atoms with Gasteiger partial charge in [-0.3, -0.25) is 9.59 Å². The third-order valence-electron chi connectivity index (χ3n) is 4.58. The summed E-state index contributed by atoms with van der Waals surface area (Å²) >= 11 is 0. The summed E-state index contributed by atoms with van der Waals surface area (Å²) in [6.45, 7) is 3.45. The molecule has 0 radical (unpaired) electrons. The van der Waals surface area contributed by atoms with Crippen molar-refractivity contribution >= 4 is 17.5 Å². The maximum atomic E-state index is 12.6. The first-order valence-corrected chi connectivity index (χ1v) is 8.16. The molecule has 0 unspecified atom stereocenters. The Balaban J connectivity index is 1.73. The normalized spacial score (nSPS) is 21.1. The van der Waals surface area contributed by atoms with E-state index in [0.29, 0.717) is 31.1 Å². The molecule has 2 aliphatic heterocycles. The highest BCUT2D eigenvalue weighted by atomic mass is 16.5. The fourth-order valence-corrected chi connectivity index (χ4v) is 3.26. The lowest BCUT2D eigenvalue weighted by atomic mass is 10.1. The van der Waals surface area contributed by atoms with Crippen LogP contribution in [0, 0.1) is 5.92 Å². The first-order chi connectivity index (χ1) is 11.6. The van der Waals surface area contributed by atoms with Crippen LogP contribution in [0.4, 0.5) is 5.69 Å². The fourth-order valence-electron chi connectivity index (χ4n) is 3.26. The van der Waals surface area contributed by atoms with E-state index in [2.05, 4.69) is 5.32 Å². The molecule has 3 rings (SSSR count). The van der Waals surface area contributed by atoms with Crippen molar-refractivity contribution in [3.8, 4) is 11.5 Å². The summed E-state index contributed by atoms with van der Waals surface area (Å²) < 4.78 is 10.5. The Kier molecular flexibility index (Phi) is 4.89. The maximum Gasteiger partial charge on any atom is 0.228 e. The van der Waals surface area contributed by atoms with Crippen LogP contribution in [0.5, 0.6) is 11.5 Å². The molecule has 2 fully saturated rings. The number of nitrogens with one attached hydrogen (secondary N) is 1. The SMILES string of the molecule is COc1ccc(N2C[C@@H](C(=O)N3CCNCC3)CC2=O)cc1OC. The monoisotopic (exact) mass is 333 g/mol. The number of nitrogens with zero attached hydrogens (tertiary/aromatic N) is 2. The molecule has 0 saturated carbocycles. The van der Waals surface area contributed by atoms with Crippen LogP contribution in [0.2, 0.25) is 0 Å². The van der Waals surface area contributed by atoms with Gasteiger partial charge in [0.2, 0.25) is 11.8 Å². The highest BCUT2D eigenvalue weighted by molar-refractivity contribution is 6.00. The van der Waals surface area contributed by atoms with E-state index >= 15 is 0 Å². The summed E-state index contributed by atoms with van der Waals surface area (Å²) in [5, 5.41) is 3.23. The van der Waals surface area contributed by atoms with Crippen LogP contribution >= 0.6 is 0 Å². The van der Waals surface area contributed by atoms with Gasteiger partial charge >= 0.3 is 0 Å². The van der Waals surface area contributed by atoms with Gasteiger partial charge in [0.15, 0.2) is 11.5 Å². The van der Waals surface area contributed by atoms with Crippen molar-refractivity contribution in [2.45, 2.75) is 6.42 Å². The minimum Gasteiger partial charge on any atom is -0.493 e. The number of hydrogen-bond acceptors (Lipinski definition) is 5. The van der Waals surface area contributed by atoms with Crippen molar-refractivity contribution in [1.82, 2.24) is 10.2 Å².